The lowest BCUT2D eigenvalue weighted by Crippen LogP contribution is -2.29. The molecule has 0 aromatic heterocycles. The van der Waals surface area contributed by atoms with Crippen LogP contribution in [0.2, 0.25) is 0 Å². The summed E-state index contributed by atoms with van der Waals surface area (Å²) in [5.41, 5.74) is 4.98. The Morgan fingerprint density at radius 1 is 0.837 bits per heavy atom. The van der Waals surface area contributed by atoms with Gasteiger partial charge in [0.15, 0.2) is 0 Å². The normalized spacial score (nSPS) is 16.1. The number of amides is 1. The largest absolute Gasteiger partial charge is 0.507 e. The molecule has 0 aliphatic carbocycles. The number of ketones is 1. The van der Waals surface area contributed by atoms with Gasteiger partial charge in [0.2, 0.25) is 0 Å². The average Bonchev–Trinajstić information content (AvgIpc) is 3.25. The van der Waals surface area contributed by atoms with Gasteiger partial charge < -0.3 is 19.5 Å². The summed E-state index contributed by atoms with van der Waals surface area (Å²) in [6.45, 7) is 9.26. The monoisotopic (exact) mass is 575 g/mol. The number of likely N-dealkylation sites (tertiary alicyclic amines) is 1. The predicted molar refractivity (Wildman–Crippen MR) is 168 cm³/mol. The second-order valence-corrected chi connectivity index (χ2v) is 11.4. The number of carbonyl (C=O) groups excluding carboxylic acids is 2. The number of benzene rings is 4. The number of Topliss-reactive ketones (excluding diaryl/α,β-unsaturated/α-hetero) is 1. The van der Waals surface area contributed by atoms with Crippen molar-refractivity contribution in [1.82, 2.24) is 4.90 Å². The molecule has 1 heterocycles. The Kier molecular flexibility index (Phi) is 8.96. The zero-order valence-electron chi connectivity index (χ0n) is 25.0. The van der Waals surface area contributed by atoms with Crippen molar-refractivity contribution in [2.24, 2.45) is 5.92 Å². The molecule has 4 aromatic rings. The van der Waals surface area contributed by atoms with Crippen molar-refractivity contribution in [1.29, 1.82) is 0 Å². The van der Waals surface area contributed by atoms with Crippen LogP contribution in [0.3, 0.4) is 0 Å². The lowest BCUT2D eigenvalue weighted by Gasteiger charge is -2.26. The maximum atomic E-state index is 13.5. The maximum absolute atomic E-state index is 13.5. The minimum Gasteiger partial charge on any atom is -0.507 e. The van der Waals surface area contributed by atoms with Crippen molar-refractivity contribution in [3.63, 3.8) is 0 Å². The molecule has 1 saturated heterocycles. The number of hydrogen-bond acceptors (Lipinski definition) is 5. The van der Waals surface area contributed by atoms with E-state index >= 15 is 0 Å². The van der Waals surface area contributed by atoms with Gasteiger partial charge in [-0.15, -0.1) is 0 Å². The molecule has 6 nitrogen and oxygen atoms in total. The van der Waals surface area contributed by atoms with E-state index in [2.05, 4.69) is 13.8 Å². The molecule has 1 N–H and O–H groups in total. The number of rotatable bonds is 10. The molecule has 0 bridgehead atoms. The van der Waals surface area contributed by atoms with Crippen LogP contribution in [-0.4, -0.2) is 28.3 Å². The van der Waals surface area contributed by atoms with E-state index in [9.17, 15) is 14.7 Å². The van der Waals surface area contributed by atoms with Crippen LogP contribution in [0.1, 0.15) is 53.3 Å². The quantitative estimate of drug-likeness (QED) is 0.120. The molecule has 220 valence electrons. The van der Waals surface area contributed by atoms with Crippen LogP contribution in [0.4, 0.5) is 0 Å². The Morgan fingerprint density at radius 3 is 2.26 bits per heavy atom. The summed E-state index contributed by atoms with van der Waals surface area (Å²) in [5.74, 6) is 0.277. The third-order valence-electron chi connectivity index (χ3n) is 7.44. The number of aliphatic hydroxyl groups is 1. The first-order valence-corrected chi connectivity index (χ1v) is 14.6. The van der Waals surface area contributed by atoms with Gasteiger partial charge in [-0.1, -0.05) is 86.1 Å². The fourth-order valence-corrected chi connectivity index (χ4v) is 5.23. The number of aryl methyl sites for hydroxylation is 2. The fourth-order valence-electron chi connectivity index (χ4n) is 5.23. The standard InChI is InChI=1S/C37H37NO5/c1-24(2)22-42-31-16-13-27(14-17-31)21-38-34(29-12-8-9-25(3)19-29)33(36(40)37(38)41)35(39)30-15-18-32(26(4)20-30)43-23-28-10-6-5-7-11-28/h5-20,24,34,39H,21-23H2,1-4H3/b35-33-. The van der Waals surface area contributed by atoms with Crippen molar-refractivity contribution in [2.75, 3.05) is 6.61 Å². The van der Waals surface area contributed by atoms with E-state index < -0.39 is 17.7 Å². The molecular weight excluding hydrogens is 538 g/mol. The molecule has 1 amide bonds. The van der Waals surface area contributed by atoms with Crippen molar-refractivity contribution < 1.29 is 24.2 Å². The summed E-state index contributed by atoms with van der Waals surface area (Å²) in [7, 11) is 0. The molecule has 0 radical (unpaired) electrons. The topological polar surface area (TPSA) is 76.1 Å². The van der Waals surface area contributed by atoms with Crippen LogP contribution in [0.5, 0.6) is 11.5 Å². The maximum Gasteiger partial charge on any atom is 0.295 e. The number of hydrogen-bond donors (Lipinski definition) is 1. The predicted octanol–water partition coefficient (Wildman–Crippen LogP) is 7.54. The summed E-state index contributed by atoms with van der Waals surface area (Å²) >= 11 is 0. The number of aliphatic hydroxyl groups excluding tert-OH is 1. The Balaban J connectivity index is 1.46. The Bertz CT molecular complexity index is 1640. The minimum absolute atomic E-state index is 0.0739. The summed E-state index contributed by atoms with van der Waals surface area (Å²) in [5, 5.41) is 11.6. The number of nitrogens with zero attached hydrogens (tertiary/aromatic N) is 1. The number of carbonyl (C=O) groups is 2. The van der Waals surface area contributed by atoms with Crippen molar-refractivity contribution >= 4 is 17.4 Å². The molecule has 43 heavy (non-hydrogen) atoms. The molecule has 4 aromatic carbocycles. The van der Waals surface area contributed by atoms with Crippen molar-refractivity contribution in [2.45, 2.75) is 46.9 Å². The molecule has 6 heteroatoms. The van der Waals surface area contributed by atoms with Gasteiger partial charge >= 0.3 is 0 Å². The highest BCUT2D eigenvalue weighted by Gasteiger charge is 2.46. The lowest BCUT2D eigenvalue weighted by atomic mass is 9.94. The molecule has 1 aliphatic rings. The highest BCUT2D eigenvalue weighted by molar-refractivity contribution is 6.46. The van der Waals surface area contributed by atoms with E-state index in [1.807, 2.05) is 92.7 Å². The van der Waals surface area contributed by atoms with Crippen LogP contribution >= 0.6 is 0 Å². The van der Waals surface area contributed by atoms with E-state index in [0.717, 1.165) is 33.6 Å². The Labute approximate surface area is 253 Å². The van der Waals surface area contributed by atoms with Crippen molar-refractivity contribution in [3.8, 4) is 11.5 Å². The molecule has 0 saturated carbocycles. The second-order valence-electron chi connectivity index (χ2n) is 11.4. The second kappa shape index (κ2) is 13.0. The zero-order valence-corrected chi connectivity index (χ0v) is 25.0. The van der Waals surface area contributed by atoms with Gasteiger partial charge in [-0.2, -0.15) is 0 Å². The van der Waals surface area contributed by atoms with E-state index in [1.165, 1.54) is 4.90 Å². The molecule has 1 fully saturated rings. The zero-order chi connectivity index (χ0) is 30.5. The average molecular weight is 576 g/mol. The summed E-state index contributed by atoms with van der Waals surface area (Å²) in [6.07, 6.45) is 0. The van der Waals surface area contributed by atoms with E-state index in [0.29, 0.717) is 30.4 Å². The van der Waals surface area contributed by atoms with Gasteiger partial charge in [-0.05, 0) is 72.4 Å². The van der Waals surface area contributed by atoms with E-state index in [1.54, 1.807) is 18.2 Å². The van der Waals surface area contributed by atoms with Gasteiger partial charge in [0.1, 0.15) is 23.9 Å². The highest BCUT2D eigenvalue weighted by Crippen LogP contribution is 2.41. The van der Waals surface area contributed by atoms with Crippen LogP contribution < -0.4 is 9.47 Å². The van der Waals surface area contributed by atoms with Crippen LogP contribution in [0.25, 0.3) is 5.76 Å². The van der Waals surface area contributed by atoms with E-state index in [4.69, 9.17) is 9.47 Å². The van der Waals surface area contributed by atoms with Crippen LogP contribution in [0.15, 0.2) is 103 Å². The number of ether oxygens (including phenoxy) is 2. The summed E-state index contributed by atoms with van der Waals surface area (Å²) in [4.78, 5) is 28.6. The van der Waals surface area contributed by atoms with Crippen LogP contribution in [-0.2, 0) is 22.7 Å². The van der Waals surface area contributed by atoms with Gasteiger partial charge in [0.05, 0.1) is 18.2 Å². The summed E-state index contributed by atoms with van der Waals surface area (Å²) in [6, 6.07) is 29.7. The van der Waals surface area contributed by atoms with E-state index in [-0.39, 0.29) is 17.9 Å². The minimum atomic E-state index is -0.744. The van der Waals surface area contributed by atoms with Gasteiger partial charge in [0, 0.05) is 12.1 Å². The third-order valence-corrected chi connectivity index (χ3v) is 7.44. The first-order chi connectivity index (χ1) is 20.7. The Hall–Kier alpha value is -4.84. The molecule has 5 rings (SSSR count). The molecule has 1 unspecified atom stereocenters. The smallest absolute Gasteiger partial charge is 0.295 e. The molecular formula is C37H37NO5. The van der Waals surface area contributed by atoms with Crippen LogP contribution in [0, 0.1) is 19.8 Å². The highest BCUT2D eigenvalue weighted by atomic mass is 16.5. The first-order valence-electron chi connectivity index (χ1n) is 14.6. The van der Waals surface area contributed by atoms with Gasteiger partial charge in [-0.3, -0.25) is 9.59 Å². The summed E-state index contributed by atoms with van der Waals surface area (Å²) < 4.78 is 11.8. The third kappa shape index (κ3) is 6.81. The van der Waals surface area contributed by atoms with Crippen molar-refractivity contribution in [3.05, 3.63) is 136 Å². The Morgan fingerprint density at radius 2 is 1.58 bits per heavy atom. The SMILES string of the molecule is Cc1cccc(C2/C(=C(/O)c3ccc(OCc4ccccc4)c(C)c3)C(=O)C(=O)N2Cc2ccc(OCC(C)C)cc2)c1. The van der Waals surface area contributed by atoms with Gasteiger partial charge in [0.25, 0.3) is 11.7 Å². The molecule has 0 spiro atoms. The molecule has 1 atom stereocenters. The van der Waals surface area contributed by atoms with Gasteiger partial charge in [-0.25, -0.2) is 0 Å². The lowest BCUT2D eigenvalue weighted by molar-refractivity contribution is -0.140. The first kappa shape index (κ1) is 29.6. The fraction of sp³-hybridized carbons (Fsp3) is 0.243. The molecule has 1 aliphatic heterocycles.